The van der Waals surface area contributed by atoms with Crippen LogP contribution in [0.25, 0.3) is 0 Å². The molecule has 0 aliphatic heterocycles. The van der Waals surface area contributed by atoms with Gasteiger partial charge in [-0.2, -0.15) is 0 Å². The molecule has 0 aliphatic rings. The van der Waals surface area contributed by atoms with Crippen molar-refractivity contribution in [1.82, 2.24) is 4.90 Å². The Kier molecular flexibility index (Phi) is 3.59. The van der Waals surface area contributed by atoms with Crippen LogP contribution >= 0.6 is 11.3 Å². The minimum atomic E-state index is 0.0341. The van der Waals surface area contributed by atoms with E-state index in [4.69, 9.17) is 5.73 Å². The van der Waals surface area contributed by atoms with Crippen LogP contribution < -0.4 is 5.73 Å². The fraction of sp³-hybridized carbons (Fsp3) is 0.444. The maximum atomic E-state index is 11.3. The molecule has 0 spiro atoms. The molecule has 1 aromatic rings. The van der Waals surface area contributed by atoms with Gasteiger partial charge in [-0.1, -0.05) is 0 Å². The Balaban J connectivity index is 2.83. The Labute approximate surface area is 82.2 Å². The lowest BCUT2D eigenvalue weighted by Gasteiger charge is -2.09. The van der Waals surface area contributed by atoms with Crippen LogP contribution in [0.15, 0.2) is 11.4 Å². The number of thiophene rings is 1. The zero-order valence-corrected chi connectivity index (χ0v) is 8.73. The molecule has 0 atom stereocenters. The molecule has 0 fully saturated rings. The third kappa shape index (κ3) is 2.62. The second kappa shape index (κ2) is 4.50. The summed E-state index contributed by atoms with van der Waals surface area (Å²) in [5.74, 6) is 0.0341. The van der Waals surface area contributed by atoms with Crippen LogP contribution in [-0.2, 0) is 6.54 Å². The van der Waals surface area contributed by atoms with Crippen molar-refractivity contribution in [3.8, 4) is 0 Å². The maximum Gasteiger partial charge on any atom is 0.186 e. The van der Waals surface area contributed by atoms with Gasteiger partial charge in [0.15, 0.2) is 5.78 Å². The number of hydrogen-bond acceptors (Lipinski definition) is 4. The van der Waals surface area contributed by atoms with E-state index in [0.717, 1.165) is 17.0 Å². The molecule has 0 saturated heterocycles. The molecule has 0 aliphatic carbocycles. The molecular formula is C9H14N2OS. The lowest BCUT2D eigenvalue weighted by Crippen LogP contribution is -2.16. The number of hydrogen-bond donors (Lipinski definition) is 1. The molecule has 1 aromatic heterocycles. The number of nitrogens with two attached hydrogens (primary N) is 1. The summed E-state index contributed by atoms with van der Waals surface area (Å²) < 4.78 is 0. The molecule has 0 radical (unpaired) electrons. The average molecular weight is 198 g/mol. The van der Waals surface area contributed by atoms with E-state index >= 15 is 0 Å². The first-order chi connectivity index (χ1) is 6.15. The van der Waals surface area contributed by atoms with E-state index in [-0.39, 0.29) is 12.3 Å². The number of ketones is 1. The second-order valence-electron chi connectivity index (χ2n) is 3.14. The van der Waals surface area contributed by atoms with Crippen molar-refractivity contribution >= 4 is 17.1 Å². The Bertz CT molecular complexity index is 294. The van der Waals surface area contributed by atoms with E-state index < -0.39 is 0 Å². The summed E-state index contributed by atoms with van der Waals surface area (Å²) in [6.45, 7) is 0.894. The van der Waals surface area contributed by atoms with E-state index in [9.17, 15) is 4.79 Å². The normalized spacial score (nSPS) is 10.8. The highest BCUT2D eigenvalue weighted by Gasteiger charge is 2.11. The second-order valence-corrected chi connectivity index (χ2v) is 4.06. The van der Waals surface area contributed by atoms with Crippen molar-refractivity contribution in [3.63, 3.8) is 0 Å². The van der Waals surface area contributed by atoms with E-state index in [2.05, 4.69) is 0 Å². The lowest BCUT2D eigenvalue weighted by atomic mass is 10.2. The predicted molar refractivity (Wildman–Crippen MR) is 55.1 cm³/mol. The van der Waals surface area contributed by atoms with Crippen LogP contribution in [0.5, 0.6) is 0 Å². The zero-order chi connectivity index (χ0) is 9.84. The fourth-order valence-corrected chi connectivity index (χ4v) is 2.01. The van der Waals surface area contributed by atoms with Crippen LogP contribution in [0.4, 0.5) is 0 Å². The van der Waals surface area contributed by atoms with E-state index in [1.165, 1.54) is 11.3 Å². The summed E-state index contributed by atoms with van der Waals surface area (Å²) in [5.41, 5.74) is 6.38. The minimum absolute atomic E-state index is 0.0341. The molecule has 0 unspecified atom stereocenters. The number of carbonyl (C=O) groups excluding carboxylic acids is 1. The van der Waals surface area contributed by atoms with Crippen molar-refractivity contribution in [2.24, 2.45) is 5.73 Å². The molecule has 1 heterocycles. The monoisotopic (exact) mass is 198 g/mol. The third-order valence-electron chi connectivity index (χ3n) is 1.67. The van der Waals surface area contributed by atoms with Crippen molar-refractivity contribution < 1.29 is 4.79 Å². The number of nitrogens with zero attached hydrogens (tertiary/aromatic N) is 1. The summed E-state index contributed by atoms with van der Waals surface area (Å²) in [7, 11) is 3.96. The Morgan fingerprint density at radius 2 is 2.31 bits per heavy atom. The number of rotatable bonds is 4. The Morgan fingerprint density at radius 3 is 2.85 bits per heavy atom. The summed E-state index contributed by atoms with van der Waals surface area (Å²) in [5, 5.41) is 1.93. The van der Waals surface area contributed by atoms with Gasteiger partial charge < -0.3 is 10.6 Å². The van der Waals surface area contributed by atoms with Gasteiger partial charge in [-0.05, 0) is 31.1 Å². The van der Waals surface area contributed by atoms with Gasteiger partial charge in [-0.3, -0.25) is 4.79 Å². The molecule has 1 rings (SSSR count). The van der Waals surface area contributed by atoms with Gasteiger partial charge >= 0.3 is 0 Å². The summed E-state index contributed by atoms with van der Waals surface area (Å²) in [6.07, 6.45) is 0. The molecule has 0 aromatic carbocycles. The summed E-state index contributed by atoms with van der Waals surface area (Å²) in [4.78, 5) is 14.2. The number of Topliss-reactive ketones (excluding diaryl/α,β-unsaturated/α-hetero) is 1. The SMILES string of the molecule is CN(C)Cc1ccsc1C(=O)CN. The fourth-order valence-electron chi connectivity index (χ4n) is 1.14. The highest BCUT2D eigenvalue weighted by Crippen LogP contribution is 2.18. The van der Waals surface area contributed by atoms with Crippen molar-refractivity contribution in [2.45, 2.75) is 6.54 Å². The first-order valence-electron chi connectivity index (χ1n) is 4.09. The smallest absolute Gasteiger partial charge is 0.186 e. The standard InChI is InChI=1S/C9H14N2OS/c1-11(2)6-7-3-4-13-9(7)8(12)5-10/h3-4H,5-6,10H2,1-2H3. The third-order valence-corrected chi connectivity index (χ3v) is 2.67. The highest BCUT2D eigenvalue weighted by molar-refractivity contribution is 7.12. The minimum Gasteiger partial charge on any atom is -0.324 e. The largest absolute Gasteiger partial charge is 0.324 e. The Morgan fingerprint density at radius 1 is 1.62 bits per heavy atom. The quantitative estimate of drug-likeness (QED) is 0.733. The van der Waals surface area contributed by atoms with Gasteiger partial charge in [0.2, 0.25) is 0 Å². The molecule has 0 amide bonds. The van der Waals surface area contributed by atoms with Gasteiger partial charge in [0, 0.05) is 6.54 Å². The van der Waals surface area contributed by atoms with Crippen molar-refractivity contribution in [1.29, 1.82) is 0 Å². The first kappa shape index (κ1) is 10.4. The van der Waals surface area contributed by atoms with Crippen LogP contribution in [0.3, 0.4) is 0 Å². The van der Waals surface area contributed by atoms with E-state index in [1.807, 2.05) is 30.4 Å². The lowest BCUT2D eigenvalue weighted by molar-refractivity contribution is 0.100. The molecule has 2 N–H and O–H groups in total. The average Bonchev–Trinajstić information content (AvgIpc) is 2.50. The Hall–Kier alpha value is -0.710. The molecule has 72 valence electrons. The van der Waals surface area contributed by atoms with Crippen molar-refractivity contribution in [2.75, 3.05) is 20.6 Å². The van der Waals surface area contributed by atoms with Crippen LogP contribution in [0, 0.1) is 0 Å². The topological polar surface area (TPSA) is 46.3 Å². The molecular weight excluding hydrogens is 184 g/mol. The van der Waals surface area contributed by atoms with Gasteiger partial charge in [-0.25, -0.2) is 0 Å². The van der Waals surface area contributed by atoms with Gasteiger partial charge in [0.1, 0.15) is 0 Å². The van der Waals surface area contributed by atoms with Gasteiger partial charge in [0.25, 0.3) is 0 Å². The molecule has 4 heteroatoms. The molecule has 3 nitrogen and oxygen atoms in total. The van der Waals surface area contributed by atoms with E-state index in [1.54, 1.807) is 0 Å². The predicted octanol–water partition coefficient (Wildman–Crippen LogP) is 0.951. The zero-order valence-electron chi connectivity index (χ0n) is 7.91. The highest BCUT2D eigenvalue weighted by atomic mass is 32.1. The molecule has 13 heavy (non-hydrogen) atoms. The van der Waals surface area contributed by atoms with Gasteiger partial charge in [-0.15, -0.1) is 11.3 Å². The molecule has 0 saturated carbocycles. The van der Waals surface area contributed by atoms with Crippen molar-refractivity contribution in [3.05, 3.63) is 21.9 Å². The summed E-state index contributed by atoms with van der Waals surface area (Å²) in [6, 6.07) is 1.98. The van der Waals surface area contributed by atoms with Crippen LogP contribution in [0.2, 0.25) is 0 Å². The number of carbonyl (C=O) groups is 1. The van der Waals surface area contributed by atoms with Crippen LogP contribution in [-0.4, -0.2) is 31.3 Å². The first-order valence-corrected chi connectivity index (χ1v) is 4.97. The van der Waals surface area contributed by atoms with E-state index in [0.29, 0.717) is 0 Å². The van der Waals surface area contributed by atoms with Crippen LogP contribution in [0.1, 0.15) is 15.2 Å². The summed E-state index contributed by atoms with van der Waals surface area (Å²) >= 11 is 1.47. The van der Waals surface area contributed by atoms with Gasteiger partial charge in [0.05, 0.1) is 11.4 Å². The maximum absolute atomic E-state index is 11.3. The molecule has 0 bridgehead atoms.